The van der Waals surface area contributed by atoms with Crippen molar-refractivity contribution in [3.05, 3.63) is 54.5 Å². The molecule has 0 fully saturated rings. The van der Waals surface area contributed by atoms with E-state index < -0.39 is 5.97 Å². The highest BCUT2D eigenvalue weighted by atomic mass is 16.4. The number of fused-ring (bicyclic) bond motifs is 1. The minimum atomic E-state index is -0.779. The van der Waals surface area contributed by atoms with Gasteiger partial charge >= 0.3 is 5.97 Å². The van der Waals surface area contributed by atoms with Gasteiger partial charge in [-0.2, -0.15) is 0 Å². The predicted octanol–water partition coefficient (Wildman–Crippen LogP) is 2.44. The molecule has 3 rings (SSSR count). The first-order valence-corrected chi connectivity index (χ1v) is 6.33. The van der Waals surface area contributed by atoms with Gasteiger partial charge in [0.25, 0.3) is 0 Å². The van der Waals surface area contributed by atoms with E-state index in [1.54, 1.807) is 12.5 Å². The van der Waals surface area contributed by atoms with Crippen molar-refractivity contribution in [2.24, 2.45) is 0 Å². The predicted molar refractivity (Wildman–Crippen MR) is 74.8 cm³/mol. The van der Waals surface area contributed by atoms with E-state index in [2.05, 4.69) is 9.97 Å². The van der Waals surface area contributed by atoms with E-state index in [9.17, 15) is 4.79 Å². The summed E-state index contributed by atoms with van der Waals surface area (Å²) in [4.78, 5) is 19.2. The number of pyridine rings is 1. The molecule has 0 saturated carbocycles. The summed E-state index contributed by atoms with van der Waals surface area (Å²) in [6.45, 7) is 0. The molecule has 0 radical (unpaired) electrons. The van der Waals surface area contributed by atoms with Gasteiger partial charge in [-0.1, -0.05) is 12.1 Å². The van der Waals surface area contributed by atoms with Gasteiger partial charge in [-0.15, -0.1) is 0 Å². The normalized spacial score (nSPS) is 10.8. The highest BCUT2D eigenvalue weighted by Gasteiger charge is 2.05. The number of hydrogen-bond donors (Lipinski definition) is 1. The van der Waals surface area contributed by atoms with Crippen molar-refractivity contribution < 1.29 is 9.90 Å². The van der Waals surface area contributed by atoms with Gasteiger partial charge in [-0.05, 0) is 36.2 Å². The minimum Gasteiger partial charge on any atom is -0.481 e. The smallest absolute Gasteiger partial charge is 0.303 e. The van der Waals surface area contributed by atoms with Gasteiger partial charge in [0.05, 0.1) is 0 Å². The second-order valence-electron chi connectivity index (χ2n) is 4.52. The number of aryl methyl sites for hydroxylation is 1. The largest absolute Gasteiger partial charge is 0.481 e. The van der Waals surface area contributed by atoms with E-state index in [1.807, 2.05) is 41.0 Å². The Morgan fingerprint density at radius 3 is 2.70 bits per heavy atom. The van der Waals surface area contributed by atoms with Crippen LogP contribution in [0.1, 0.15) is 12.0 Å². The summed E-state index contributed by atoms with van der Waals surface area (Å²) < 4.78 is 1.91. The van der Waals surface area contributed by atoms with Crippen LogP contribution < -0.4 is 0 Å². The third-order valence-electron chi connectivity index (χ3n) is 3.15. The lowest BCUT2D eigenvalue weighted by molar-refractivity contribution is -0.136. The molecule has 20 heavy (non-hydrogen) atoms. The summed E-state index contributed by atoms with van der Waals surface area (Å²) in [5, 5.41) is 8.68. The van der Waals surface area contributed by atoms with Crippen molar-refractivity contribution in [1.29, 1.82) is 0 Å². The highest BCUT2D eigenvalue weighted by Crippen LogP contribution is 2.16. The second-order valence-corrected chi connectivity index (χ2v) is 4.52. The summed E-state index contributed by atoms with van der Waals surface area (Å²) in [5.74, 6) is -0.779. The van der Waals surface area contributed by atoms with Crippen molar-refractivity contribution in [2.75, 3.05) is 0 Å². The number of nitrogens with zero attached hydrogens (tertiary/aromatic N) is 3. The van der Waals surface area contributed by atoms with E-state index in [0.29, 0.717) is 6.42 Å². The molecule has 0 amide bonds. The molecule has 3 aromatic rings. The van der Waals surface area contributed by atoms with Crippen LogP contribution >= 0.6 is 0 Å². The van der Waals surface area contributed by atoms with Crippen LogP contribution in [0.4, 0.5) is 0 Å². The molecule has 2 aromatic heterocycles. The number of aromatic nitrogens is 3. The lowest BCUT2D eigenvalue weighted by Gasteiger charge is -2.05. The average molecular weight is 267 g/mol. The summed E-state index contributed by atoms with van der Waals surface area (Å²) in [5.41, 5.74) is 3.63. The first-order chi connectivity index (χ1) is 9.74. The molecular weight excluding hydrogens is 254 g/mol. The molecule has 0 aliphatic rings. The molecule has 0 bridgehead atoms. The van der Waals surface area contributed by atoms with Gasteiger partial charge < -0.3 is 5.11 Å². The van der Waals surface area contributed by atoms with Crippen LogP contribution in [0, 0.1) is 0 Å². The van der Waals surface area contributed by atoms with Gasteiger partial charge in [0.1, 0.15) is 11.8 Å². The molecule has 0 aliphatic carbocycles. The zero-order chi connectivity index (χ0) is 13.9. The van der Waals surface area contributed by atoms with Gasteiger partial charge in [0.15, 0.2) is 5.65 Å². The van der Waals surface area contributed by atoms with Crippen molar-refractivity contribution in [3.63, 3.8) is 0 Å². The SMILES string of the molecule is O=C(O)CCc1ccc(-n2cnc3cccnc32)cc1. The fraction of sp³-hybridized carbons (Fsp3) is 0.133. The van der Waals surface area contributed by atoms with Crippen molar-refractivity contribution in [1.82, 2.24) is 14.5 Å². The molecule has 0 atom stereocenters. The molecule has 100 valence electrons. The summed E-state index contributed by atoms with van der Waals surface area (Å²) in [6.07, 6.45) is 4.17. The molecule has 2 heterocycles. The maximum Gasteiger partial charge on any atom is 0.303 e. The zero-order valence-electron chi connectivity index (χ0n) is 10.7. The Kier molecular flexibility index (Phi) is 3.16. The Balaban J connectivity index is 1.89. The second kappa shape index (κ2) is 5.13. The Hall–Kier alpha value is -2.69. The first-order valence-electron chi connectivity index (χ1n) is 6.33. The van der Waals surface area contributed by atoms with Crippen LogP contribution in [0.5, 0.6) is 0 Å². The maximum absolute atomic E-state index is 10.6. The van der Waals surface area contributed by atoms with Crippen molar-refractivity contribution in [2.45, 2.75) is 12.8 Å². The van der Waals surface area contributed by atoms with E-state index >= 15 is 0 Å². The number of imidazole rings is 1. The number of carbonyl (C=O) groups is 1. The standard InChI is InChI=1S/C15H13N3O2/c19-14(20)8-5-11-3-6-12(7-4-11)18-10-17-13-2-1-9-16-15(13)18/h1-4,6-7,9-10H,5,8H2,(H,19,20). The van der Waals surface area contributed by atoms with Crippen LogP contribution in [0.15, 0.2) is 48.9 Å². The fourth-order valence-electron chi connectivity index (χ4n) is 2.11. The molecule has 1 N–H and O–H groups in total. The van der Waals surface area contributed by atoms with Crippen LogP contribution in [0.25, 0.3) is 16.9 Å². The first kappa shape index (κ1) is 12.3. The van der Waals surface area contributed by atoms with Crippen LogP contribution in [0.2, 0.25) is 0 Å². The topological polar surface area (TPSA) is 68.0 Å². The van der Waals surface area contributed by atoms with Crippen LogP contribution in [0.3, 0.4) is 0 Å². The molecule has 0 spiro atoms. The molecule has 1 aromatic carbocycles. The van der Waals surface area contributed by atoms with Gasteiger partial charge in [0, 0.05) is 18.3 Å². The molecule has 0 saturated heterocycles. The molecule has 0 aliphatic heterocycles. The number of carboxylic acids is 1. The van der Waals surface area contributed by atoms with E-state index in [-0.39, 0.29) is 6.42 Å². The van der Waals surface area contributed by atoms with E-state index in [4.69, 9.17) is 5.11 Å². The summed E-state index contributed by atoms with van der Waals surface area (Å²) in [6, 6.07) is 11.6. The van der Waals surface area contributed by atoms with Gasteiger partial charge in [-0.25, -0.2) is 9.97 Å². The summed E-state index contributed by atoms with van der Waals surface area (Å²) >= 11 is 0. The van der Waals surface area contributed by atoms with E-state index in [1.165, 1.54) is 0 Å². The van der Waals surface area contributed by atoms with Gasteiger partial charge in [-0.3, -0.25) is 9.36 Å². The summed E-state index contributed by atoms with van der Waals surface area (Å²) in [7, 11) is 0. The lowest BCUT2D eigenvalue weighted by atomic mass is 10.1. The van der Waals surface area contributed by atoms with Crippen molar-refractivity contribution in [3.8, 4) is 5.69 Å². The number of hydrogen-bond acceptors (Lipinski definition) is 3. The third-order valence-corrected chi connectivity index (χ3v) is 3.15. The zero-order valence-corrected chi connectivity index (χ0v) is 10.7. The maximum atomic E-state index is 10.6. The number of benzene rings is 1. The Morgan fingerprint density at radius 1 is 1.15 bits per heavy atom. The Bertz CT molecular complexity index is 747. The average Bonchev–Trinajstić information content (AvgIpc) is 2.89. The molecule has 0 unspecified atom stereocenters. The molecular formula is C15H13N3O2. The van der Waals surface area contributed by atoms with Gasteiger partial charge in [0.2, 0.25) is 0 Å². The van der Waals surface area contributed by atoms with E-state index in [0.717, 1.165) is 22.4 Å². The number of rotatable bonds is 4. The van der Waals surface area contributed by atoms with Crippen molar-refractivity contribution >= 4 is 17.1 Å². The number of carboxylic acid groups (broad SMARTS) is 1. The quantitative estimate of drug-likeness (QED) is 0.788. The molecule has 5 nitrogen and oxygen atoms in total. The number of aliphatic carboxylic acids is 1. The third kappa shape index (κ3) is 2.38. The monoisotopic (exact) mass is 267 g/mol. The highest BCUT2D eigenvalue weighted by molar-refractivity contribution is 5.72. The van der Waals surface area contributed by atoms with Crippen LogP contribution in [-0.4, -0.2) is 25.6 Å². The van der Waals surface area contributed by atoms with Crippen LogP contribution in [-0.2, 0) is 11.2 Å². The lowest BCUT2D eigenvalue weighted by Crippen LogP contribution is -1.98. The Morgan fingerprint density at radius 2 is 1.95 bits per heavy atom. The minimum absolute atomic E-state index is 0.148. The fourth-order valence-corrected chi connectivity index (χ4v) is 2.11. The molecule has 5 heteroatoms. The Labute approximate surface area is 115 Å².